The van der Waals surface area contributed by atoms with E-state index in [2.05, 4.69) is 5.32 Å². The van der Waals surface area contributed by atoms with Crippen molar-refractivity contribution in [3.05, 3.63) is 76.1 Å². The van der Waals surface area contributed by atoms with Gasteiger partial charge in [0.15, 0.2) is 0 Å². The normalized spacial score (nSPS) is 15.7. The minimum absolute atomic E-state index is 0.0243. The number of hydrogen-bond donors (Lipinski definition) is 1. The molecule has 0 fully saturated rings. The zero-order chi connectivity index (χ0) is 21.2. The minimum atomic E-state index is -0.217. The van der Waals surface area contributed by atoms with E-state index in [0.29, 0.717) is 12.3 Å². The van der Waals surface area contributed by atoms with Crippen molar-refractivity contribution in [3.8, 4) is 0 Å². The summed E-state index contributed by atoms with van der Waals surface area (Å²) in [6, 6.07) is 13.6. The number of nitrogens with one attached hydrogen (secondary N) is 1. The van der Waals surface area contributed by atoms with Gasteiger partial charge in [0.05, 0.1) is 18.5 Å². The van der Waals surface area contributed by atoms with Crippen LogP contribution in [0.25, 0.3) is 0 Å². The lowest BCUT2D eigenvalue weighted by Gasteiger charge is -2.20. The Labute approximate surface area is 184 Å². The number of aryl methyl sites for hydroxylation is 1. The summed E-state index contributed by atoms with van der Waals surface area (Å²) in [5.41, 5.74) is 4.20. The second kappa shape index (κ2) is 8.51. The number of benzene rings is 1. The third-order valence-corrected chi connectivity index (χ3v) is 7.01. The van der Waals surface area contributed by atoms with Gasteiger partial charge in [-0.15, -0.1) is 11.3 Å². The molecular weight excluding hydrogens is 410 g/mol. The summed E-state index contributed by atoms with van der Waals surface area (Å²) in [5.74, 6) is 0.307. The van der Waals surface area contributed by atoms with Crippen LogP contribution in [0.3, 0.4) is 0 Å². The summed E-state index contributed by atoms with van der Waals surface area (Å²) in [6.07, 6.45) is 5.86. The molecule has 0 unspecified atom stereocenters. The molecular formula is C24H23N3O3S. The molecule has 0 radical (unpaired) electrons. The van der Waals surface area contributed by atoms with Gasteiger partial charge in [-0.25, -0.2) is 0 Å². The molecule has 1 aliphatic carbocycles. The fraction of sp³-hybridized carbons (Fsp3) is 0.292. The quantitative estimate of drug-likeness (QED) is 0.666. The number of furan rings is 1. The van der Waals surface area contributed by atoms with Crippen molar-refractivity contribution in [2.45, 2.75) is 32.2 Å². The summed E-state index contributed by atoms with van der Waals surface area (Å²) in [5, 5.41) is 3.70. The number of thiophene rings is 1. The minimum Gasteiger partial charge on any atom is -0.467 e. The first-order valence-electron chi connectivity index (χ1n) is 10.5. The van der Waals surface area contributed by atoms with Crippen LogP contribution in [0.15, 0.2) is 58.1 Å². The molecule has 7 heteroatoms. The van der Waals surface area contributed by atoms with Gasteiger partial charge < -0.3 is 9.73 Å². The Hall–Kier alpha value is -3.19. The van der Waals surface area contributed by atoms with Crippen molar-refractivity contribution in [1.82, 2.24) is 5.32 Å². The molecule has 0 saturated carbocycles. The van der Waals surface area contributed by atoms with E-state index < -0.39 is 0 Å². The summed E-state index contributed by atoms with van der Waals surface area (Å²) in [6.45, 7) is 0.308. The number of anilines is 1. The highest BCUT2D eigenvalue weighted by molar-refractivity contribution is 7.17. The van der Waals surface area contributed by atoms with Crippen LogP contribution < -0.4 is 10.2 Å². The fourth-order valence-corrected chi connectivity index (χ4v) is 5.61. The Morgan fingerprint density at radius 1 is 1.13 bits per heavy atom. The van der Waals surface area contributed by atoms with E-state index in [-0.39, 0.29) is 24.9 Å². The number of rotatable bonds is 5. The standard InChI is InChI=1S/C24H23N3O3S/c28-20(25-13-17-9-6-12-30-17)15-27-21(29)14-26-23(16-7-2-1-3-8-16)22-18-10-4-5-11-19(18)31-24(22)27/h1-3,6-9,12H,4-5,10-11,13-15H2,(H,25,28). The highest BCUT2D eigenvalue weighted by Gasteiger charge is 2.33. The van der Waals surface area contributed by atoms with Gasteiger partial charge in [0, 0.05) is 16.0 Å². The Morgan fingerprint density at radius 3 is 2.77 bits per heavy atom. The van der Waals surface area contributed by atoms with E-state index in [0.717, 1.165) is 47.5 Å². The van der Waals surface area contributed by atoms with E-state index >= 15 is 0 Å². The van der Waals surface area contributed by atoms with Crippen LogP contribution in [0, 0.1) is 0 Å². The highest BCUT2D eigenvalue weighted by atomic mass is 32.1. The Kier molecular flexibility index (Phi) is 5.42. The van der Waals surface area contributed by atoms with Crippen molar-refractivity contribution in [2.75, 3.05) is 18.0 Å². The smallest absolute Gasteiger partial charge is 0.249 e. The third kappa shape index (κ3) is 3.93. The van der Waals surface area contributed by atoms with Gasteiger partial charge in [0.1, 0.15) is 23.9 Å². The van der Waals surface area contributed by atoms with Crippen LogP contribution in [-0.2, 0) is 29.0 Å². The largest absolute Gasteiger partial charge is 0.467 e. The molecule has 2 amide bonds. The topological polar surface area (TPSA) is 74.9 Å². The van der Waals surface area contributed by atoms with Crippen LogP contribution in [0.4, 0.5) is 5.00 Å². The maximum absolute atomic E-state index is 13.1. The highest BCUT2D eigenvalue weighted by Crippen LogP contribution is 2.42. The number of aliphatic imine (C=N–C) groups is 1. The maximum atomic E-state index is 13.1. The van der Waals surface area contributed by atoms with Gasteiger partial charge in [0.2, 0.25) is 11.8 Å². The second-order valence-corrected chi connectivity index (χ2v) is 8.84. The molecule has 0 atom stereocenters. The number of carbonyl (C=O) groups excluding carboxylic acids is 2. The lowest BCUT2D eigenvalue weighted by molar-refractivity contribution is -0.123. The van der Waals surface area contributed by atoms with Gasteiger partial charge in [-0.1, -0.05) is 30.3 Å². The first kappa shape index (κ1) is 19.8. The molecule has 31 heavy (non-hydrogen) atoms. The van der Waals surface area contributed by atoms with Crippen molar-refractivity contribution in [2.24, 2.45) is 4.99 Å². The first-order chi connectivity index (χ1) is 15.2. The molecule has 6 nitrogen and oxygen atoms in total. The van der Waals surface area contributed by atoms with Gasteiger partial charge in [-0.05, 0) is 43.4 Å². The molecule has 0 bridgehead atoms. The van der Waals surface area contributed by atoms with Crippen molar-refractivity contribution in [3.63, 3.8) is 0 Å². The molecule has 1 N–H and O–H groups in total. The molecule has 0 spiro atoms. The van der Waals surface area contributed by atoms with Crippen LogP contribution in [0.5, 0.6) is 0 Å². The van der Waals surface area contributed by atoms with Crippen LogP contribution in [0.2, 0.25) is 0 Å². The third-order valence-electron chi connectivity index (χ3n) is 5.70. The molecule has 5 rings (SSSR count). The summed E-state index contributed by atoms with van der Waals surface area (Å²) in [7, 11) is 0. The second-order valence-electron chi connectivity index (χ2n) is 7.76. The number of nitrogens with zero attached hydrogens (tertiary/aromatic N) is 2. The zero-order valence-electron chi connectivity index (χ0n) is 17.1. The molecule has 0 saturated heterocycles. The predicted octanol–water partition coefficient (Wildman–Crippen LogP) is 3.72. The van der Waals surface area contributed by atoms with Crippen LogP contribution in [-0.4, -0.2) is 30.6 Å². The van der Waals surface area contributed by atoms with Gasteiger partial charge in [-0.2, -0.15) is 0 Å². The summed E-state index contributed by atoms with van der Waals surface area (Å²) in [4.78, 5) is 33.4. The van der Waals surface area contributed by atoms with Gasteiger partial charge in [0.25, 0.3) is 0 Å². The molecule has 2 aromatic heterocycles. The monoisotopic (exact) mass is 433 g/mol. The molecule has 1 aliphatic heterocycles. The van der Waals surface area contributed by atoms with E-state index in [1.807, 2.05) is 36.4 Å². The molecule has 3 heterocycles. The lowest BCUT2D eigenvalue weighted by Crippen LogP contribution is -2.41. The van der Waals surface area contributed by atoms with E-state index in [4.69, 9.17) is 9.41 Å². The van der Waals surface area contributed by atoms with E-state index in [1.54, 1.807) is 28.6 Å². The number of carbonyl (C=O) groups is 2. The van der Waals surface area contributed by atoms with Crippen molar-refractivity contribution < 1.29 is 14.0 Å². The van der Waals surface area contributed by atoms with Crippen LogP contribution >= 0.6 is 11.3 Å². The number of fused-ring (bicyclic) bond motifs is 3. The van der Waals surface area contributed by atoms with E-state index in [1.165, 1.54) is 10.4 Å². The Morgan fingerprint density at radius 2 is 1.97 bits per heavy atom. The van der Waals surface area contributed by atoms with Crippen LogP contribution in [0.1, 0.15) is 40.2 Å². The molecule has 158 valence electrons. The van der Waals surface area contributed by atoms with Crippen molar-refractivity contribution in [1.29, 1.82) is 0 Å². The lowest BCUT2D eigenvalue weighted by atomic mass is 9.91. The fourth-order valence-electron chi connectivity index (χ4n) is 4.20. The SMILES string of the molecule is O=C(CN1C(=O)CN=C(c2ccccc2)c2c1sc1c2CCCC1)NCc1ccco1. The number of amides is 2. The van der Waals surface area contributed by atoms with Gasteiger partial charge in [-0.3, -0.25) is 19.5 Å². The Balaban J connectivity index is 1.49. The van der Waals surface area contributed by atoms with Crippen molar-refractivity contribution >= 4 is 33.9 Å². The summed E-state index contributed by atoms with van der Waals surface area (Å²) >= 11 is 1.64. The molecule has 2 aliphatic rings. The maximum Gasteiger partial charge on any atom is 0.249 e. The van der Waals surface area contributed by atoms with Gasteiger partial charge >= 0.3 is 0 Å². The zero-order valence-corrected chi connectivity index (χ0v) is 17.9. The predicted molar refractivity (Wildman–Crippen MR) is 121 cm³/mol. The first-order valence-corrected chi connectivity index (χ1v) is 11.4. The number of hydrogen-bond acceptors (Lipinski definition) is 5. The molecule has 1 aromatic carbocycles. The molecule has 3 aromatic rings. The average Bonchev–Trinajstić information content (AvgIpc) is 3.42. The Bertz CT molecular complexity index is 1130. The summed E-state index contributed by atoms with van der Waals surface area (Å²) < 4.78 is 5.28. The average molecular weight is 434 g/mol. The van der Waals surface area contributed by atoms with E-state index in [9.17, 15) is 9.59 Å².